The number of benzene rings is 3. The molecule has 8 heteroatoms. The Hall–Kier alpha value is -2.54. The number of carbonyl (C=O) groups is 1. The fourth-order valence-corrected chi connectivity index (χ4v) is 4.64. The maximum Gasteiger partial charge on any atom is 0.262 e. The predicted octanol–water partition coefficient (Wildman–Crippen LogP) is 5.97. The second kappa shape index (κ2) is 8.68. The predicted molar refractivity (Wildman–Crippen MR) is 122 cm³/mol. The van der Waals surface area contributed by atoms with Gasteiger partial charge in [-0.15, -0.1) is 0 Å². The second-order valence-corrected chi connectivity index (χ2v) is 9.45. The lowest BCUT2D eigenvalue weighted by Crippen LogP contribution is -2.17. The molecular weight excluding hydrogens is 443 g/mol. The number of nitrogens with one attached hydrogen (secondary N) is 2. The van der Waals surface area contributed by atoms with Gasteiger partial charge < -0.3 is 5.32 Å². The normalized spacial score (nSPS) is 11.2. The van der Waals surface area contributed by atoms with Crippen molar-refractivity contribution in [3.8, 4) is 0 Å². The van der Waals surface area contributed by atoms with Gasteiger partial charge in [-0.05, 0) is 68.3 Å². The summed E-state index contributed by atoms with van der Waals surface area (Å²) in [5.41, 5.74) is 3.52. The first kappa shape index (κ1) is 22.2. The summed E-state index contributed by atoms with van der Waals surface area (Å²) >= 11 is 11.9. The van der Waals surface area contributed by atoms with Crippen LogP contribution < -0.4 is 10.0 Å². The quantitative estimate of drug-likeness (QED) is 0.490. The minimum absolute atomic E-state index is 0.0317. The first-order chi connectivity index (χ1) is 14.1. The standard InChI is InChI=1S/C22H20Cl2N2O3S/c1-13-4-9-20(15(3)10-13)26-30(28,29)21-11-16(6-5-14(21)2)22(27)25-17-7-8-18(23)19(24)12-17/h4-12,26H,1-3H3,(H,25,27). The number of amides is 1. The molecule has 0 atom stereocenters. The monoisotopic (exact) mass is 462 g/mol. The number of rotatable bonds is 5. The fourth-order valence-electron chi connectivity index (χ4n) is 2.94. The van der Waals surface area contributed by atoms with Crippen molar-refractivity contribution in [3.63, 3.8) is 0 Å². The fraction of sp³-hybridized carbons (Fsp3) is 0.136. The maximum atomic E-state index is 13.0. The molecule has 3 rings (SSSR count). The van der Waals surface area contributed by atoms with E-state index < -0.39 is 15.9 Å². The molecule has 0 aliphatic heterocycles. The van der Waals surface area contributed by atoms with E-state index in [-0.39, 0.29) is 10.5 Å². The Morgan fingerprint density at radius 1 is 0.833 bits per heavy atom. The van der Waals surface area contributed by atoms with Crippen LogP contribution in [-0.4, -0.2) is 14.3 Å². The Labute approximate surface area is 186 Å². The summed E-state index contributed by atoms with van der Waals surface area (Å²) in [4.78, 5) is 12.7. The largest absolute Gasteiger partial charge is 0.322 e. The first-order valence-corrected chi connectivity index (χ1v) is 11.3. The van der Waals surface area contributed by atoms with Gasteiger partial charge in [-0.25, -0.2) is 8.42 Å². The topological polar surface area (TPSA) is 75.3 Å². The summed E-state index contributed by atoms with van der Waals surface area (Å²) in [6.45, 7) is 5.45. The molecule has 0 saturated heterocycles. The zero-order chi connectivity index (χ0) is 22.1. The summed E-state index contributed by atoms with van der Waals surface area (Å²) in [6.07, 6.45) is 0. The average Bonchev–Trinajstić information content (AvgIpc) is 2.67. The highest BCUT2D eigenvalue weighted by atomic mass is 35.5. The van der Waals surface area contributed by atoms with E-state index in [0.29, 0.717) is 27.0 Å². The average molecular weight is 463 g/mol. The Bertz CT molecular complexity index is 1240. The van der Waals surface area contributed by atoms with E-state index >= 15 is 0 Å². The smallest absolute Gasteiger partial charge is 0.262 e. The molecule has 0 radical (unpaired) electrons. The van der Waals surface area contributed by atoms with Gasteiger partial charge in [0.25, 0.3) is 15.9 Å². The van der Waals surface area contributed by atoms with Crippen LogP contribution in [0.1, 0.15) is 27.0 Å². The minimum Gasteiger partial charge on any atom is -0.322 e. The van der Waals surface area contributed by atoms with Crippen molar-refractivity contribution in [2.45, 2.75) is 25.7 Å². The number of carbonyl (C=O) groups excluding carboxylic acids is 1. The molecule has 0 aliphatic carbocycles. The van der Waals surface area contributed by atoms with Gasteiger partial charge in [0.1, 0.15) is 0 Å². The molecular formula is C22H20Cl2N2O3S. The first-order valence-electron chi connectivity index (χ1n) is 9.04. The van der Waals surface area contributed by atoms with Crippen molar-refractivity contribution in [3.05, 3.63) is 86.9 Å². The lowest BCUT2D eigenvalue weighted by molar-refractivity contribution is 0.102. The van der Waals surface area contributed by atoms with Crippen LogP contribution in [0.2, 0.25) is 10.0 Å². The zero-order valence-electron chi connectivity index (χ0n) is 16.6. The lowest BCUT2D eigenvalue weighted by atomic mass is 10.1. The van der Waals surface area contributed by atoms with E-state index in [1.54, 1.807) is 37.3 Å². The van der Waals surface area contributed by atoms with E-state index in [1.165, 1.54) is 12.1 Å². The number of anilines is 2. The van der Waals surface area contributed by atoms with Crippen molar-refractivity contribution < 1.29 is 13.2 Å². The number of aryl methyl sites for hydroxylation is 3. The molecule has 2 N–H and O–H groups in total. The van der Waals surface area contributed by atoms with Crippen molar-refractivity contribution in [1.82, 2.24) is 0 Å². The number of hydrogen-bond donors (Lipinski definition) is 2. The van der Waals surface area contributed by atoms with Crippen LogP contribution in [0, 0.1) is 20.8 Å². The Morgan fingerprint density at radius 3 is 2.23 bits per heavy atom. The summed E-state index contributed by atoms with van der Waals surface area (Å²) in [7, 11) is -3.89. The van der Waals surface area contributed by atoms with Gasteiger partial charge in [-0.1, -0.05) is 47.0 Å². The van der Waals surface area contributed by atoms with Crippen LogP contribution in [0.25, 0.3) is 0 Å². The molecule has 0 unspecified atom stereocenters. The van der Waals surface area contributed by atoms with Crippen LogP contribution >= 0.6 is 23.2 Å². The van der Waals surface area contributed by atoms with E-state index in [0.717, 1.165) is 11.1 Å². The van der Waals surface area contributed by atoms with Crippen LogP contribution in [0.15, 0.2) is 59.5 Å². The molecule has 1 amide bonds. The van der Waals surface area contributed by atoms with Crippen molar-refractivity contribution in [2.75, 3.05) is 10.0 Å². The zero-order valence-corrected chi connectivity index (χ0v) is 18.9. The molecule has 0 saturated carbocycles. The van der Waals surface area contributed by atoms with Crippen molar-refractivity contribution in [1.29, 1.82) is 0 Å². The molecule has 156 valence electrons. The summed E-state index contributed by atoms with van der Waals surface area (Å²) in [5, 5.41) is 3.37. The highest BCUT2D eigenvalue weighted by Crippen LogP contribution is 2.26. The van der Waals surface area contributed by atoms with E-state index in [9.17, 15) is 13.2 Å². The molecule has 5 nitrogen and oxygen atoms in total. The van der Waals surface area contributed by atoms with Crippen LogP contribution in [0.4, 0.5) is 11.4 Å². The molecule has 0 aromatic heterocycles. The van der Waals surface area contributed by atoms with E-state index in [1.807, 2.05) is 26.0 Å². The highest BCUT2D eigenvalue weighted by molar-refractivity contribution is 7.92. The van der Waals surface area contributed by atoms with Gasteiger partial charge in [0, 0.05) is 11.3 Å². The summed E-state index contributed by atoms with van der Waals surface area (Å²) in [5.74, 6) is -0.462. The second-order valence-electron chi connectivity index (χ2n) is 6.99. The summed E-state index contributed by atoms with van der Waals surface area (Å²) in [6, 6.07) is 14.7. The van der Waals surface area contributed by atoms with Gasteiger partial charge >= 0.3 is 0 Å². The summed E-state index contributed by atoms with van der Waals surface area (Å²) < 4.78 is 28.6. The Morgan fingerprint density at radius 2 is 1.57 bits per heavy atom. The van der Waals surface area contributed by atoms with Crippen LogP contribution in [-0.2, 0) is 10.0 Å². The van der Waals surface area contributed by atoms with Gasteiger partial charge in [-0.3, -0.25) is 9.52 Å². The Kier molecular flexibility index (Phi) is 6.41. The molecule has 30 heavy (non-hydrogen) atoms. The SMILES string of the molecule is Cc1ccc(NS(=O)(=O)c2cc(C(=O)Nc3ccc(Cl)c(Cl)c3)ccc2C)c(C)c1. The van der Waals surface area contributed by atoms with E-state index in [2.05, 4.69) is 10.0 Å². The third-order valence-electron chi connectivity index (χ3n) is 4.54. The molecule has 3 aromatic rings. The van der Waals surface area contributed by atoms with Gasteiger partial charge in [0.15, 0.2) is 0 Å². The highest BCUT2D eigenvalue weighted by Gasteiger charge is 2.20. The van der Waals surface area contributed by atoms with Crippen molar-refractivity contribution in [2.24, 2.45) is 0 Å². The van der Waals surface area contributed by atoms with Crippen molar-refractivity contribution >= 4 is 50.5 Å². The Balaban J connectivity index is 1.89. The number of hydrogen-bond acceptors (Lipinski definition) is 3. The van der Waals surface area contributed by atoms with Crippen LogP contribution in [0.3, 0.4) is 0 Å². The van der Waals surface area contributed by atoms with Gasteiger partial charge in [0.05, 0.1) is 20.6 Å². The number of sulfonamides is 1. The lowest BCUT2D eigenvalue weighted by Gasteiger charge is -2.14. The number of halogens is 2. The maximum absolute atomic E-state index is 13.0. The molecule has 0 spiro atoms. The third kappa shape index (κ3) is 4.95. The molecule has 0 heterocycles. The van der Waals surface area contributed by atoms with Gasteiger partial charge in [-0.2, -0.15) is 0 Å². The van der Waals surface area contributed by atoms with Gasteiger partial charge in [0.2, 0.25) is 0 Å². The molecule has 0 bridgehead atoms. The van der Waals surface area contributed by atoms with E-state index in [4.69, 9.17) is 23.2 Å². The molecule has 0 fully saturated rings. The molecule has 0 aliphatic rings. The minimum atomic E-state index is -3.89. The third-order valence-corrected chi connectivity index (χ3v) is 6.79. The van der Waals surface area contributed by atoms with Crippen LogP contribution in [0.5, 0.6) is 0 Å². The molecule has 3 aromatic carbocycles.